The molecule has 0 amide bonds. The van der Waals surface area contributed by atoms with Crippen LogP contribution in [-0.2, 0) is 16.0 Å². The maximum Gasteiger partial charge on any atom is 0.328 e. The first-order chi connectivity index (χ1) is 13.8. The molecular weight excluding hydrogens is 396 g/mol. The molecule has 150 valence electrons. The summed E-state index contributed by atoms with van der Waals surface area (Å²) in [6, 6.07) is 13.6. The third-order valence-electron chi connectivity index (χ3n) is 4.23. The van der Waals surface area contributed by atoms with Gasteiger partial charge in [-0.3, -0.25) is 0 Å². The van der Waals surface area contributed by atoms with Gasteiger partial charge in [-0.05, 0) is 49.2 Å². The Morgan fingerprint density at radius 3 is 2.48 bits per heavy atom. The predicted octanol–water partition coefficient (Wildman–Crippen LogP) is 3.92. The van der Waals surface area contributed by atoms with E-state index in [1.807, 2.05) is 19.2 Å². The monoisotopic (exact) mass is 414 g/mol. The van der Waals surface area contributed by atoms with Gasteiger partial charge in [-0.2, -0.15) is 5.26 Å². The molecule has 2 aromatic rings. The van der Waals surface area contributed by atoms with E-state index in [1.165, 1.54) is 11.1 Å². The molecule has 0 spiro atoms. The molecule has 0 radical (unpaired) electrons. The fourth-order valence-corrected chi connectivity index (χ4v) is 3.11. The quantitative estimate of drug-likeness (QED) is 0.634. The highest BCUT2D eigenvalue weighted by Gasteiger charge is 2.24. The number of fused-ring (bicyclic) bond motifs is 1. The third kappa shape index (κ3) is 6.07. The summed E-state index contributed by atoms with van der Waals surface area (Å²) in [4.78, 5) is 19.1. The van der Waals surface area contributed by atoms with Gasteiger partial charge < -0.3 is 20.3 Å². The molecule has 7 nitrogen and oxygen atoms in total. The van der Waals surface area contributed by atoms with Crippen molar-refractivity contribution in [2.45, 2.75) is 18.9 Å². The molecule has 8 heteroatoms. The Morgan fingerprint density at radius 2 is 1.90 bits per heavy atom. The van der Waals surface area contributed by atoms with Crippen molar-refractivity contribution in [1.29, 1.82) is 5.26 Å². The number of nitrogens with one attached hydrogen (secondary N) is 1. The number of ether oxygens (including phenoxy) is 1. The van der Waals surface area contributed by atoms with Crippen molar-refractivity contribution in [3.05, 3.63) is 70.3 Å². The number of carboxylic acid groups (broad SMARTS) is 2. The molecule has 2 aromatic carbocycles. The third-order valence-corrected chi connectivity index (χ3v) is 4.46. The van der Waals surface area contributed by atoms with Crippen LogP contribution in [0.3, 0.4) is 0 Å². The molecule has 3 N–H and O–H groups in total. The number of nitrogens with zero attached hydrogens (tertiary/aromatic N) is 1. The van der Waals surface area contributed by atoms with Crippen molar-refractivity contribution in [1.82, 2.24) is 5.32 Å². The summed E-state index contributed by atoms with van der Waals surface area (Å²) in [5.41, 5.74) is 2.97. The predicted molar refractivity (Wildman–Crippen MR) is 107 cm³/mol. The van der Waals surface area contributed by atoms with Gasteiger partial charge in [0.05, 0.1) is 5.56 Å². The van der Waals surface area contributed by atoms with Gasteiger partial charge in [0.15, 0.2) is 0 Å². The smallest absolute Gasteiger partial charge is 0.328 e. The number of benzene rings is 2. The summed E-state index contributed by atoms with van der Waals surface area (Å²) in [5.74, 6) is -1.20. The Kier molecular flexibility index (Phi) is 7.78. The fraction of sp³-hybridized carbons (Fsp3) is 0.190. The van der Waals surface area contributed by atoms with E-state index >= 15 is 0 Å². The van der Waals surface area contributed by atoms with Crippen LogP contribution in [0.15, 0.2) is 48.6 Å². The van der Waals surface area contributed by atoms with Gasteiger partial charge in [-0.15, -0.1) is 0 Å². The van der Waals surface area contributed by atoms with Crippen LogP contribution in [0.2, 0.25) is 5.02 Å². The Labute approximate surface area is 172 Å². The van der Waals surface area contributed by atoms with Crippen LogP contribution in [0.1, 0.15) is 29.2 Å². The SMILES string of the molecule is CNC1CCc2c(Oc3cc(Cl)ccc3C#N)cccc21.O=C(O)/C=C/C(=O)O. The Bertz CT molecular complexity index is 966. The van der Waals surface area contributed by atoms with E-state index in [9.17, 15) is 14.9 Å². The maximum atomic E-state index is 9.55. The molecule has 29 heavy (non-hydrogen) atoms. The highest BCUT2D eigenvalue weighted by Crippen LogP contribution is 2.39. The largest absolute Gasteiger partial charge is 0.478 e. The molecule has 1 aliphatic rings. The number of nitriles is 1. The highest BCUT2D eigenvalue weighted by molar-refractivity contribution is 6.30. The molecule has 0 fully saturated rings. The number of halogens is 1. The number of hydrogen-bond acceptors (Lipinski definition) is 5. The van der Waals surface area contributed by atoms with Crippen molar-refractivity contribution in [2.24, 2.45) is 0 Å². The first kappa shape index (κ1) is 22.0. The van der Waals surface area contributed by atoms with Crippen LogP contribution in [0, 0.1) is 11.3 Å². The van der Waals surface area contributed by atoms with Crippen LogP contribution < -0.4 is 10.1 Å². The van der Waals surface area contributed by atoms with Crippen molar-refractivity contribution in [2.75, 3.05) is 7.05 Å². The fourth-order valence-electron chi connectivity index (χ4n) is 2.95. The molecule has 0 saturated carbocycles. The summed E-state index contributed by atoms with van der Waals surface area (Å²) in [6.45, 7) is 0. The minimum absolute atomic E-state index is 0.373. The normalized spacial score (nSPS) is 14.4. The number of aliphatic carboxylic acids is 2. The topological polar surface area (TPSA) is 120 Å². The number of carboxylic acids is 2. The lowest BCUT2D eigenvalue weighted by molar-refractivity contribution is -0.134. The van der Waals surface area contributed by atoms with E-state index in [4.69, 9.17) is 26.6 Å². The van der Waals surface area contributed by atoms with Crippen molar-refractivity contribution >= 4 is 23.5 Å². The second-order valence-electron chi connectivity index (χ2n) is 6.07. The van der Waals surface area contributed by atoms with E-state index in [1.54, 1.807) is 18.2 Å². The number of carbonyl (C=O) groups is 2. The summed E-state index contributed by atoms with van der Waals surface area (Å²) >= 11 is 6.00. The van der Waals surface area contributed by atoms with Gasteiger partial charge >= 0.3 is 11.9 Å². The maximum absolute atomic E-state index is 9.55. The first-order valence-electron chi connectivity index (χ1n) is 8.66. The summed E-state index contributed by atoms with van der Waals surface area (Å²) < 4.78 is 5.98. The molecular formula is C21H19ClN2O5. The van der Waals surface area contributed by atoms with E-state index in [2.05, 4.69) is 17.5 Å². The standard InChI is InChI=1S/C17H15ClN2O.C4H4O4/c1-20-15-8-7-14-13(15)3-2-4-16(14)21-17-9-12(18)6-5-11(17)10-19;5-3(6)1-2-4(7)8/h2-6,9,15,20H,7-8H2,1H3;1-2H,(H,5,6)(H,7,8)/b;2-1+. The van der Waals surface area contributed by atoms with E-state index in [-0.39, 0.29) is 0 Å². The lowest BCUT2D eigenvalue weighted by Crippen LogP contribution is -2.12. The summed E-state index contributed by atoms with van der Waals surface area (Å²) in [6.07, 6.45) is 3.15. The van der Waals surface area contributed by atoms with Crippen LogP contribution >= 0.6 is 11.6 Å². The summed E-state index contributed by atoms with van der Waals surface area (Å²) in [7, 11) is 1.97. The number of hydrogen-bond donors (Lipinski definition) is 3. The minimum atomic E-state index is -1.26. The molecule has 3 rings (SSSR count). The lowest BCUT2D eigenvalue weighted by Gasteiger charge is -2.13. The van der Waals surface area contributed by atoms with Gasteiger partial charge in [0, 0.05) is 29.3 Å². The molecule has 0 heterocycles. The number of rotatable bonds is 5. The molecule has 1 aliphatic carbocycles. The zero-order chi connectivity index (χ0) is 21.4. The molecule has 1 unspecified atom stereocenters. The van der Waals surface area contributed by atoms with Crippen LogP contribution in [-0.4, -0.2) is 29.2 Å². The van der Waals surface area contributed by atoms with Crippen LogP contribution in [0.4, 0.5) is 0 Å². The van der Waals surface area contributed by atoms with Gasteiger partial charge in [0.25, 0.3) is 0 Å². The second kappa shape index (κ2) is 10.3. The zero-order valence-electron chi connectivity index (χ0n) is 15.6. The lowest BCUT2D eigenvalue weighted by atomic mass is 10.1. The van der Waals surface area contributed by atoms with Crippen molar-refractivity contribution in [3.8, 4) is 17.6 Å². The average molecular weight is 415 g/mol. The van der Waals surface area contributed by atoms with Crippen molar-refractivity contribution in [3.63, 3.8) is 0 Å². The molecule has 0 aromatic heterocycles. The molecule has 0 bridgehead atoms. The summed E-state index contributed by atoms with van der Waals surface area (Å²) in [5, 5.41) is 28.7. The molecule has 1 atom stereocenters. The van der Waals surface area contributed by atoms with Gasteiger partial charge in [0.2, 0.25) is 0 Å². The zero-order valence-corrected chi connectivity index (χ0v) is 16.3. The van der Waals surface area contributed by atoms with Gasteiger partial charge in [-0.25, -0.2) is 9.59 Å². The highest BCUT2D eigenvalue weighted by atomic mass is 35.5. The van der Waals surface area contributed by atoms with E-state index in [0.717, 1.165) is 18.6 Å². The van der Waals surface area contributed by atoms with Crippen LogP contribution in [0.25, 0.3) is 0 Å². The molecule has 0 saturated heterocycles. The average Bonchev–Trinajstić information content (AvgIpc) is 3.11. The van der Waals surface area contributed by atoms with Crippen LogP contribution in [0.5, 0.6) is 11.5 Å². The minimum Gasteiger partial charge on any atom is -0.478 e. The van der Waals surface area contributed by atoms with E-state index < -0.39 is 11.9 Å². The van der Waals surface area contributed by atoms with Crippen molar-refractivity contribution < 1.29 is 24.5 Å². The molecule has 0 aliphatic heterocycles. The first-order valence-corrected chi connectivity index (χ1v) is 9.04. The second-order valence-corrected chi connectivity index (χ2v) is 6.50. The van der Waals surface area contributed by atoms with E-state index in [0.29, 0.717) is 34.5 Å². The Balaban J connectivity index is 0.000000321. The Morgan fingerprint density at radius 1 is 1.21 bits per heavy atom. The Hall–Kier alpha value is -3.34. The van der Waals surface area contributed by atoms with Gasteiger partial charge in [-0.1, -0.05) is 23.7 Å². The van der Waals surface area contributed by atoms with Gasteiger partial charge in [0.1, 0.15) is 17.6 Å².